The number of rotatable bonds is 3. The molecule has 0 saturated heterocycles. The molecular formula is C24H18Cl2PTl-2. The van der Waals surface area contributed by atoms with Crippen LogP contribution in [-0.2, 0) is 12.8 Å². The summed E-state index contributed by atoms with van der Waals surface area (Å²) in [5, 5.41) is 7.01. The van der Waals surface area contributed by atoms with Gasteiger partial charge in [-0.2, -0.15) is 0 Å². The van der Waals surface area contributed by atoms with Gasteiger partial charge in [0.1, 0.15) is 0 Å². The van der Waals surface area contributed by atoms with Crippen LogP contribution in [0.2, 0.25) is 0 Å². The van der Waals surface area contributed by atoms with Crippen molar-refractivity contribution in [3.63, 3.8) is 0 Å². The van der Waals surface area contributed by atoms with E-state index >= 15 is 0 Å². The van der Waals surface area contributed by atoms with Crippen molar-refractivity contribution < 1.29 is 24.8 Å². The van der Waals surface area contributed by atoms with Crippen LogP contribution in [-0.4, -0.2) is 27.3 Å². The molecule has 0 heterocycles. The van der Waals surface area contributed by atoms with Gasteiger partial charge in [0.25, 0.3) is 0 Å². The number of benzene rings is 4. The largest absolute Gasteiger partial charge is 1.00 e. The van der Waals surface area contributed by atoms with Gasteiger partial charge in [-0.15, -0.1) is 0 Å². The van der Waals surface area contributed by atoms with Gasteiger partial charge < -0.3 is 24.8 Å². The fourth-order valence-electron chi connectivity index (χ4n) is 3.91. The molecule has 1 aliphatic rings. The van der Waals surface area contributed by atoms with Crippen LogP contribution in [0.15, 0.2) is 84.9 Å². The quantitative estimate of drug-likeness (QED) is 0.188. The molecule has 0 atom stereocenters. The molecule has 5 rings (SSSR count). The van der Waals surface area contributed by atoms with Gasteiger partial charge in [-0.1, -0.05) is 84.9 Å². The normalized spacial score (nSPS) is 11.5. The van der Waals surface area contributed by atoms with Crippen LogP contribution >= 0.6 is 7.92 Å². The van der Waals surface area contributed by atoms with E-state index in [-0.39, 0.29) is 52.1 Å². The molecule has 0 amide bonds. The van der Waals surface area contributed by atoms with Crippen LogP contribution < -0.4 is 40.7 Å². The van der Waals surface area contributed by atoms with Crippen LogP contribution in [0, 0.1) is 6.07 Å². The molecule has 0 fully saturated rings. The first-order chi connectivity index (χ1) is 12.4. The average Bonchev–Trinajstić information content (AvgIpc) is 3.11. The molecule has 4 heteroatoms. The Hall–Kier alpha value is -0.928. The maximum atomic E-state index is 3.58. The molecule has 0 aliphatic heterocycles. The molecular weight excluding hydrogens is 595 g/mol. The van der Waals surface area contributed by atoms with E-state index in [0.29, 0.717) is 0 Å². The summed E-state index contributed by atoms with van der Waals surface area (Å²) in [7, 11) is -0.574. The molecule has 4 aromatic carbocycles. The van der Waals surface area contributed by atoms with Crippen molar-refractivity contribution in [3.8, 4) is 0 Å². The second kappa shape index (κ2) is 10.2. The minimum absolute atomic E-state index is 0. The summed E-state index contributed by atoms with van der Waals surface area (Å²) in [6, 6.07) is 34.5. The maximum absolute atomic E-state index is 3.58. The van der Waals surface area contributed by atoms with Gasteiger partial charge in [0.15, 0.2) is 0 Å². The Balaban J connectivity index is 0.000000934. The molecule has 0 bridgehead atoms. The Labute approximate surface area is 200 Å². The van der Waals surface area contributed by atoms with Crippen molar-refractivity contribution >= 4 is 61.9 Å². The van der Waals surface area contributed by atoms with Gasteiger partial charge in [0, 0.05) is 27.3 Å². The Bertz CT molecular complexity index is 1000. The van der Waals surface area contributed by atoms with Crippen molar-refractivity contribution in [1.82, 2.24) is 0 Å². The molecule has 0 N–H and O–H groups in total. The van der Waals surface area contributed by atoms with Crippen molar-refractivity contribution in [1.29, 1.82) is 0 Å². The minimum Gasteiger partial charge on any atom is -1.00 e. The maximum Gasteiger partial charge on any atom is 0 e. The third-order valence-electron chi connectivity index (χ3n) is 5.04. The van der Waals surface area contributed by atoms with Crippen molar-refractivity contribution in [2.24, 2.45) is 0 Å². The third-order valence-corrected chi connectivity index (χ3v) is 7.52. The van der Waals surface area contributed by atoms with Gasteiger partial charge in [-0.25, -0.2) is 0 Å². The topological polar surface area (TPSA) is 0 Å². The van der Waals surface area contributed by atoms with E-state index in [1.807, 2.05) is 0 Å². The van der Waals surface area contributed by atoms with Crippen molar-refractivity contribution in [2.45, 2.75) is 12.8 Å². The van der Waals surface area contributed by atoms with Crippen LogP contribution in [0.3, 0.4) is 0 Å². The van der Waals surface area contributed by atoms with Crippen LogP contribution in [0.25, 0.3) is 10.8 Å². The van der Waals surface area contributed by atoms with Gasteiger partial charge in [-0.3, -0.25) is 0 Å². The second-order valence-corrected chi connectivity index (χ2v) is 8.69. The first-order valence-electron chi connectivity index (χ1n) is 8.77. The minimum atomic E-state index is -0.574. The van der Waals surface area contributed by atoms with E-state index in [1.165, 1.54) is 50.7 Å². The summed E-state index contributed by atoms with van der Waals surface area (Å²) in [5.74, 6) is 0. The Morgan fingerprint density at radius 3 is 1.75 bits per heavy atom. The molecule has 0 unspecified atom stereocenters. The zero-order chi connectivity index (χ0) is 16.6. The fourth-order valence-corrected chi connectivity index (χ4v) is 6.33. The predicted molar refractivity (Wildman–Crippen MR) is 115 cm³/mol. The smallest absolute Gasteiger partial charge is 0 e. The third kappa shape index (κ3) is 4.16. The Morgan fingerprint density at radius 1 is 0.643 bits per heavy atom. The fraction of sp³-hybridized carbons (Fsp3) is 0.0833. The SMILES string of the molecule is [Cl-].[Cl-].[Tl].[c]1ccc2c3c(ccc(P(c4ccccc4)c4ccccc4)c13)CC2. The van der Waals surface area contributed by atoms with Crippen molar-refractivity contribution in [3.05, 3.63) is 102 Å². The van der Waals surface area contributed by atoms with Crippen LogP contribution in [0.5, 0.6) is 0 Å². The Kier molecular flexibility index (Phi) is 8.51. The van der Waals surface area contributed by atoms with E-state index in [2.05, 4.69) is 91.0 Å². The summed E-state index contributed by atoms with van der Waals surface area (Å²) in [6.07, 6.45) is 2.33. The number of hydrogen-bond donors (Lipinski definition) is 0. The average molecular weight is 613 g/mol. The molecule has 138 valence electrons. The molecule has 1 aliphatic carbocycles. The zero-order valence-electron chi connectivity index (χ0n) is 15.3. The first kappa shape index (κ1) is 23.4. The predicted octanol–water partition coefficient (Wildman–Crippen LogP) is -1.88. The van der Waals surface area contributed by atoms with E-state index in [0.717, 1.165) is 0 Å². The molecule has 0 spiro atoms. The Morgan fingerprint density at radius 2 is 1.18 bits per heavy atom. The molecule has 4 aromatic rings. The van der Waals surface area contributed by atoms with E-state index in [1.54, 1.807) is 0 Å². The second-order valence-electron chi connectivity index (χ2n) is 6.50. The number of aryl methyl sites for hydroxylation is 2. The molecule has 0 nitrogen and oxygen atoms in total. The van der Waals surface area contributed by atoms with Crippen LogP contribution in [0.1, 0.15) is 11.1 Å². The first-order valence-corrected chi connectivity index (χ1v) is 10.1. The molecule has 28 heavy (non-hydrogen) atoms. The molecule has 2 radical (unpaired) electrons. The van der Waals surface area contributed by atoms with Crippen molar-refractivity contribution in [2.75, 3.05) is 0 Å². The van der Waals surface area contributed by atoms with Gasteiger partial charge in [-0.05, 0) is 64.6 Å². The van der Waals surface area contributed by atoms with Gasteiger partial charge in [0.05, 0.1) is 0 Å². The van der Waals surface area contributed by atoms with E-state index < -0.39 is 7.92 Å². The van der Waals surface area contributed by atoms with Gasteiger partial charge in [0.2, 0.25) is 0 Å². The summed E-state index contributed by atoms with van der Waals surface area (Å²) in [6.45, 7) is 0. The summed E-state index contributed by atoms with van der Waals surface area (Å²) in [5.41, 5.74) is 2.98. The summed E-state index contributed by atoms with van der Waals surface area (Å²) >= 11 is 0. The van der Waals surface area contributed by atoms with E-state index in [4.69, 9.17) is 0 Å². The van der Waals surface area contributed by atoms with Gasteiger partial charge >= 0.3 is 0 Å². The standard InChI is InChI=1S/C24H18P.2ClH.Tl/c1-3-9-20(10-4-1)25(21-11-5-2-6-12-21)23-17-16-19-15-14-18-8-7-13-22(23)24(18)19;;;/h1-12,16-17H,14-15H2;2*1H;/p-2. The monoisotopic (exact) mass is 612 g/mol. The zero-order valence-corrected chi connectivity index (χ0v) is 22.2. The van der Waals surface area contributed by atoms with E-state index in [9.17, 15) is 0 Å². The molecule has 0 aromatic heterocycles. The number of hydrogen-bond acceptors (Lipinski definition) is 0. The summed E-state index contributed by atoms with van der Waals surface area (Å²) < 4.78 is 0. The molecule has 0 saturated carbocycles. The summed E-state index contributed by atoms with van der Waals surface area (Å²) in [4.78, 5) is 0. The number of halogens is 2. The van der Waals surface area contributed by atoms with Crippen LogP contribution in [0.4, 0.5) is 0 Å².